The first kappa shape index (κ1) is 21.0. The third kappa shape index (κ3) is 4.31. The van der Waals surface area contributed by atoms with E-state index in [1.807, 2.05) is 30.6 Å². The van der Waals surface area contributed by atoms with Crippen LogP contribution in [0.5, 0.6) is 0 Å². The second-order valence-corrected chi connectivity index (χ2v) is 7.11. The number of halogens is 2. The summed E-state index contributed by atoms with van der Waals surface area (Å²) < 4.78 is 2.07. The van der Waals surface area contributed by atoms with Crippen molar-refractivity contribution >= 4 is 36.4 Å². The first-order valence-electron chi connectivity index (χ1n) is 8.89. The molecule has 2 aliphatic rings. The molecule has 0 aliphatic carbocycles. The van der Waals surface area contributed by atoms with Gasteiger partial charge in [-0.05, 0) is 49.9 Å². The molecule has 6 nitrogen and oxygen atoms in total. The minimum Gasteiger partial charge on any atom is -0.354 e. The van der Waals surface area contributed by atoms with Gasteiger partial charge in [0.1, 0.15) is 5.65 Å². The van der Waals surface area contributed by atoms with E-state index in [0.717, 1.165) is 43.8 Å². The number of imidazole rings is 1. The predicted molar refractivity (Wildman–Crippen MR) is 107 cm³/mol. The second kappa shape index (κ2) is 9.04. The Balaban J connectivity index is 0.00000121. The van der Waals surface area contributed by atoms with Gasteiger partial charge in [-0.3, -0.25) is 4.79 Å². The van der Waals surface area contributed by atoms with Crippen molar-refractivity contribution in [1.29, 1.82) is 0 Å². The molecule has 8 heteroatoms. The van der Waals surface area contributed by atoms with Crippen molar-refractivity contribution in [1.82, 2.24) is 25.3 Å². The number of nitrogens with zero attached hydrogens (tertiary/aromatic N) is 2. The van der Waals surface area contributed by atoms with Gasteiger partial charge in [-0.15, -0.1) is 24.8 Å². The van der Waals surface area contributed by atoms with Crippen LogP contribution in [0.25, 0.3) is 5.65 Å². The quantitative estimate of drug-likeness (QED) is 0.729. The molecule has 2 aliphatic heterocycles. The predicted octanol–water partition coefficient (Wildman–Crippen LogP) is 1.57. The van der Waals surface area contributed by atoms with Gasteiger partial charge in [0.15, 0.2) is 0 Å². The molecule has 1 amide bonds. The molecule has 4 heterocycles. The second-order valence-electron chi connectivity index (χ2n) is 7.11. The Bertz CT molecular complexity index is 729. The third-order valence-corrected chi connectivity index (χ3v) is 5.52. The first-order valence-corrected chi connectivity index (χ1v) is 8.89. The van der Waals surface area contributed by atoms with Crippen molar-refractivity contribution in [2.45, 2.75) is 31.7 Å². The van der Waals surface area contributed by atoms with Gasteiger partial charge in [-0.2, -0.15) is 0 Å². The van der Waals surface area contributed by atoms with Gasteiger partial charge in [0, 0.05) is 37.6 Å². The molecule has 0 aromatic carbocycles. The van der Waals surface area contributed by atoms with Gasteiger partial charge in [-0.1, -0.05) is 6.07 Å². The summed E-state index contributed by atoms with van der Waals surface area (Å²) in [5.74, 6) is 0.138. The van der Waals surface area contributed by atoms with Crippen molar-refractivity contribution in [3.8, 4) is 0 Å². The Labute approximate surface area is 166 Å². The van der Waals surface area contributed by atoms with Crippen molar-refractivity contribution in [3.63, 3.8) is 0 Å². The van der Waals surface area contributed by atoms with Gasteiger partial charge in [-0.25, -0.2) is 4.98 Å². The molecule has 26 heavy (non-hydrogen) atoms. The summed E-state index contributed by atoms with van der Waals surface area (Å²) in [6.07, 6.45) is 8.00. The van der Waals surface area contributed by atoms with Crippen LogP contribution in [0.4, 0.5) is 0 Å². The normalized spacial score (nSPS) is 21.2. The summed E-state index contributed by atoms with van der Waals surface area (Å²) in [5.41, 5.74) is 2.40. The number of carbonyl (C=O) groups is 1. The van der Waals surface area contributed by atoms with Gasteiger partial charge in [0.2, 0.25) is 5.91 Å². The maximum absolute atomic E-state index is 12.5. The highest BCUT2D eigenvalue weighted by Crippen LogP contribution is 2.37. The number of pyridine rings is 1. The summed E-state index contributed by atoms with van der Waals surface area (Å²) >= 11 is 0. The number of fused-ring (bicyclic) bond motifs is 1. The number of aromatic nitrogens is 2. The van der Waals surface area contributed by atoms with Crippen molar-refractivity contribution in [2.75, 3.05) is 26.2 Å². The summed E-state index contributed by atoms with van der Waals surface area (Å²) in [6, 6.07) is 5.93. The molecule has 2 aromatic rings. The maximum atomic E-state index is 12.5. The number of hydrogen-bond donors (Lipinski definition) is 3. The monoisotopic (exact) mass is 399 g/mol. The number of amides is 1. The van der Waals surface area contributed by atoms with Crippen LogP contribution in [0, 0.1) is 5.41 Å². The Kier molecular flexibility index (Phi) is 7.29. The molecular weight excluding hydrogens is 373 g/mol. The molecule has 2 saturated heterocycles. The van der Waals surface area contributed by atoms with E-state index in [2.05, 4.69) is 25.3 Å². The third-order valence-electron chi connectivity index (χ3n) is 5.52. The highest BCUT2D eigenvalue weighted by atomic mass is 35.5. The molecule has 144 valence electrons. The van der Waals surface area contributed by atoms with Crippen LogP contribution < -0.4 is 16.0 Å². The fourth-order valence-electron chi connectivity index (χ4n) is 4.05. The highest BCUT2D eigenvalue weighted by Gasteiger charge is 2.41. The molecule has 2 aromatic heterocycles. The van der Waals surface area contributed by atoms with E-state index in [0.29, 0.717) is 12.0 Å². The molecular formula is C18H27Cl2N5O. The molecule has 1 spiro atoms. The van der Waals surface area contributed by atoms with E-state index in [4.69, 9.17) is 0 Å². The number of piperidine rings is 1. The van der Waals surface area contributed by atoms with Crippen LogP contribution in [-0.2, 0) is 11.2 Å². The van der Waals surface area contributed by atoms with Gasteiger partial charge in [0.25, 0.3) is 0 Å². The fourth-order valence-corrected chi connectivity index (χ4v) is 4.05. The molecule has 3 N–H and O–H groups in total. The SMILES string of the molecule is Cl.Cl.O=C(NCCc1cnc2ccccn12)C1CC2(CCNCC2)CN1. The van der Waals surface area contributed by atoms with Crippen LogP contribution in [0.3, 0.4) is 0 Å². The zero-order chi connectivity index (χ0) is 16.4. The lowest BCUT2D eigenvalue weighted by molar-refractivity contribution is -0.122. The largest absolute Gasteiger partial charge is 0.354 e. The number of rotatable bonds is 4. The minimum absolute atomic E-state index is 0. The summed E-state index contributed by atoms with van der Waals surface area (Å²) in [5, 5.41) is 9.93. The molecule has 0 bridgehead atoms. The van der Waals surface area contributed by atoms with E-state index >= 15 is 0 Å². The molecule has 1 unspecified atom stereocenters. The topological polar surface area (TPSA) is 70.5 Å². The average Bonchev–Trinajstić information content (AvgIpc) is 3.21. The van der Waals surface area contributed by atoms with Gasteiger partial charge < -0.3 is 20.4 Å². The zero-order valence-electron chi connectivity index (χ0n) is 14.7. The smallest absolute Gasteiger partial charge is 0.237 e. The van der Waals surface area contributed by atoms with Crippen LogP contribution in [-0.4, -0.2) is 47.5 Å². The first-order chi connectivity index (χ1) is 11.8. The number of carbonyl (C=O) groups excluding carboxylic acids is 1. The number of nitrogens with one attached hydrogen (secondary N) is 3. The molecule has 1 atom stereocenters. The Hall–Kier alpha value is -1.34. The summed E-state index contributed by atoms with van der Waals surface area (Å²) in [4.78, 5) is 16.8. The lowest BCUT2D eigenvalue weighted by atomic mass is 9.77. The lowest BCUT2D eigenvalue weighted by Gasteiger charge is -2.33. The minimum atomic E-state index is -0.0368. The standard InChI is InChI=1S/C18H25N5O.2ClH/c24-17(15-11-18(13-22-15)5-8-19-9-6-18)20-7-4-14-12-21-16-3-1-2-10-23(14)16;;/h1-3,10,12,15,19,22H,4-9,11,13H2,(H,20,24);2*1H. The molecule has 2 fully saturated rings. The Morgan fingerprint density at radius 3 is 2.92 bits per heavy atom. The molecule has 4 rings (SSSR count). The number of hydrogen-bond acceptors (Lipinski definition) is 4. The van der Waals surface area contributed by atoms with Crippen molar-refractivity contribution < 1.29 is 4.79 Å². The van der Waals surface area contributed by atoms with Gasteiger partial charge in [0.05, 0.1) is 6.04 Å². The van der Waals surface area contributed by atoms with E-state index < -0.39 is 0 Å². The van der Waals surface area contributed by atoms with Crippen LogP contribution in [0.2, 0.25) is 0 Å². The Morgan fingerprint density at radius 1 is 1.31 bits per heavy atom. The van der Waals surface area contributed by atoms with E-state index in [1.54, 1.807) is 0 Å². The van der Waals surface area contributed by atoms with Crippen LogP contribution in [0.15, 0.2) is 30.6 Å². The summed E-state index contributed by atoms with van der Waals surface area (Å²) in [7, 11) is 0. The van der Waals surface area contributed by atoms with E-state index in [9.17, 15) is 4.79 Å². The van der Waals surface area contributed by atoms with Crippen LogP contribution >= 0.6 is 24.8 Å². The highest BCUT2D eigenvalue weighted by molar-refractivity contribution is 5.85. The van der Waals surface area contributed by atoms with Crippen molar-refractivity contribution in [3.05, 3.63) is 36.3 Å². The van der Waals surface area contributed by atoms with Crippen molar-refractivity contribution in [2.24, 2.45) is 5.41 Å². The zero-order valence-corrected chi connectivity index (χ0v) is 16.4. The van der Waals surface area contributed by atoms with E-state index in [1.165, 1.54) is 12.8 Å². The van der Waals surface area contributed by atoms with E-state index in [-0.39, 0.29) is 36.8 Å². The molecule has 0 saturated carbocycles. The fraction of sp³-hybridized carbons (Fsp3) is 0.556. The molecule has 0 radical (unpaired) electrons. The Morgan fingerprint density at radius 2 is 2.12 bits per heavy atom. The maximum Gasteiger partial charge on any atom is 0.237 e. The summed E-state index contributed by atoms with van der Waals surface area (Å²) in [6.45, 7) is 3.77. The van der Waals surface area contributed by atoms with Crippen LogP contribution in [0.1, 0.15) is 25.0 Å². The lowest BCUT2D eigenvalue weighted by Crippen LogP contribution is -2.41. The van der Waals surface area contributed by atoms with Gasteiger partial charge >= 0.3 is 0 Å². The average molecular weight is 400 g/mol.